The Morgan fingerprint density at radius 2 is 1.97 bits per heavy atom. The van der Waals surface area contributed by atoms with E-state index in [1.807, 2.05) is 36.4 Å². The highest BCUT2D eigenvalue weighted by molar-refractivity contribution is 7.99. The fourth-order valence-corrected chi connectivity index (χ4v) is 4.04. The number of aromatic amines is 1. The maximum atomic E-state index is 12.7. The number of nitrogens with one attached hydrogen (secondary N) is 2. The molecular weight excluding hydrogens is 428 g/mol. The van der Waals surface area contributed by atoms with Crippen molar-refractivity contribution in [3.05, 3.63) is 72.6 Å². The highest BCUT2D eigenvalue weighted by atomic mass is 32.2. The first-order valence-corrected chi connectivity index (χ1v) is 10.7. The van der Waals surface area contributed by atoms with Gasteiger partial charge in [-0.1, -0.05) is 6.07 Å². The molecule has 0 aliphatic rings. The molecule has 4 rings (SSSR count). The van der Waals surface area contributed by atoms with E-state index in [2.05, 4.69) is 20.3 Å². The summed E-state index contributed by atoms with van der Waals surface area (Å²) >= 11 is 1.33. The molecule has 1 atom stereocenters. The normalized spacial score (nSPS) is 11.8. The van der Waals surface area contributed by atoms with Crippen LogP contribution in [0.15, 0.2) is 71.9 Å². The molecular formula is C23H20N4O4S. The quantitative estimate of drug-likeness (QED) is 0.353. The molecule has 162 valence electrons. The van der Waals surface area contributed by atoms with Gasteiger partial charge in [0.25, 0.3) is 5.91 Å². The molecule has 1 unspecified atom stereocenters. The van der Waals surface area contributed by atoms with Gasteiger partial charge in [-0.15, -0.1) is 11.8 Å². The number of benzene rings is 2. The van der Waals surface area contributed by atoms with Crippen LogP contribution >= 0.6 is 11.8 Å². The Morgan fingerprint density at radius 3 is 2.72 bits per heavy atom. The van der Waals surface area contributed by atoms with E-state index in [-0.39, 0.29) is 5.75 Å². The lowest BCUT2D eigenvalue weighted by atomic mass is 10.2. The zero-order chi connectivity index (χ0) is 22.5. The third-order valence-electron chi connectivity index (χ3n) is 4.76. The summed E-state index contributed by atoms with van der Waals surface area (Å²) in [7, 11) is 1.57. The number of imidazole rings is 1. The van der Waals surface area contributed by atoms with Gasteiger partial charge in [-0.3, -0.25) is 9.78 Å². The Balaban J connectivity index is 1.47. The van der Waals surface area contributed by atoms with Gasteiger partial charge in [-0.25, -0.2) is 9.78 Å². The Hall–Kier alpha value is -3.85. The van der Waals surface area contributed by atoms with E-state index >= 15 is 0 Å². The summed E-state index contributed by atoms with van der Waals surface area (Å²) in [5.74, 6) is -0.0443. The highest BCUT2D eigenvalue weighted by Gasteiger charge is 2.21. The molecule has 0 spiro atoms. The summed E-state index contributed by atoms with van der Waals surface area (Å²) in [6, 6.07) is 15.0. The molecule has 0 aliphatic carbocycles. The summed E-state index contributed by atoms with van der Waals surface area (Å²) in [6.07, 6.45) is 3.36. The van der Waals surface area contributed by atoms with E-state index < -0.39 is 17.9 Å². The third-order valence-corrected chi connectivity index (χ3v) is 5.85. The van der Waals surface area contributed by atoms with Gasteiger partial charge in [0.05, 0.1) is 18.1 Å². The number of aliphatic carboxylic acids is 1. The molecule has 4 aromatic rings. The van der Waals surface area contributed by atoms with Crippen LogP contribution in [-0.4, -0.2) is 50.8 Å². The number of carbonyl (C=O) groups excluding carboxylic acids is 1. The molecule has 0 bridgehead atoms. The van der Waals surface area contributed by atoms with Crippen LogP contribution in [0.3, 0.4) is 0 Å². The van der Waals surface area contributed by atoms with Crippen LogP contribution < -0.4 is 10.1 Å². The van der Waals surface area contributed by atoms with Crippen LogP contribution in [0.25, 0.3) is 22.4 Å². The minimum absolute atomic E-state index is 0.173. The van der Waals surface area contributed by atoms with E-state index in [1.165, 1.54) is 11.8 Å². The van der Waals surface area contributed by atoms with Gasteiger partial charge in [0, 0.05) is 34.2 Å². The maximum Gasteiger partial charge on any atom is 0.327 e. The topological polar surface area (TPSA) is 117 Å². The first kappa shape index (κ1) is 21.4. The van der Waals surface area contributed by atoms with Crippen LogP contribution in [0.2, 0.25) is 0 Å². The number of ether oxygens (including phenoxy) is 1. The second-order valence-corrected chi connectivity index (χ2v) is 8.00. The minimum Gasteiger partial charge on any atom is -0.497 e. The predicted molar refractivity (Wildman–Crippen MR) is 122 cm³/mol. The summed E-state index contributed by atoms with van der Waals surface area (Å²) in [4.78, 5) is 37.0. The molecule has 32 heavy (non-hydrogen) atoms. The Bertz CT molecular complexity index is 1260. The van der Waals surface area contributed by atoms with Gasteiger partial charge in [-0.2, -0.15) is 0 Å². The number of carboxylic acid groups (broad SMARTS) is 1. The number of pyridine rings is 1. The first-order valence-electron chi connectivity index (χ1n) is 9.74. The van der Waals surface area contributed by atoms with E-state index in [9.17, 15) is 14.7 Å². The number of methoxy groups -OCH3 is 1. The minimum atomic E-state index is -1.10. The van der Waals surface area contributed by atoms with Gasteiger partial charge in [0.2, 0.25) is 0 Å². The van der Waals surface area contributed by atoms with E-state index in [1.54, 1.807) is 37.7 Å². The van der Waals surface area contributed by atoms with E-state index in [4.69, 9.17) is 4.74 Å². The molecule has 0 aliphatic heterocycles. The average Bonchev–Trinajstić information content (AvgIpc) is 3.25. The lowest BCUT2D eigenvalue weighted by Gasteiger charge is -2.14. The van der Waals surface area contributed by atoms with Gasteiger partial charge in [-0.05, 0) is 48.5 Å². The van der Waals surface area contributed by atoms with Crippen molar-refractivity contribution in [2.45, 2.75) is 10.9 Å². The molecule has 3 N–H and O–H groups in total. The summed E-state index contributed by atoms with van der Waals surface area (Å²) in [5, 5.41) is 12.2. The summed E-state index contributed by atoms with van der Waals surface area (Å²) in [6.45, 7) is 0. The molecule has 2 aromatic heterocycles. The number of hydrogen-bond acceptors (Lipinski definition) is 6. The Kier molecular flexibility index (Phi) is 6.37. The van der Waals surface area contributed by atoms with E-state index in [0.717, 1.165) is 10.5 Å². The third kappa shape index (κ3) is 4.89. The van der Waals surface area contributed by atoms with Crippen LogP contribution in [0.5, 0.6) is 5.75 Å². The molecule has 9 heteroatoms. The number of carboxylic acids is 1. The van der Waals surface area contributed by atoms with Crippen LogP contribution in [0.1, 0.15) is 10.4 Å². The molecule has 8 nitrogen and oxygen atoms in total. The van der Waals surface area contributed by atoms with E-state index in [0.29, 0.717) is 28.2 Å². The van der Waals surface area contributed by atoms with Gasteiger partial charge in [0.1, 0.15) is 17.6 Å². The van der Waals surface area contributed by atoms with Gasteiger partial charge in [0.15, 0.2) is 0 Å². The second kappa shape index (κ2) is 9.52. The number of H-pyrrole nitrogens is 1. The average molecular weight is 449 g/mol. The Labute approximate surface area is 188 Å². The van der Waals surface area contributed by atoms with Crippen LogP contribution in [-0.2, 0) is 4.79 Å². The van der Waals surface area contributed by atoms with Crippen LogP contribution in [0, 0.1) is 0 Å². The molecule has 0 saturated heterocycles. The van der Waals surface area contributed by atoms with Gasteiger partial charge < -0.3 is 20.1 Å². The maximum absolute atomic E-state index is 12.7. The fraction of sp³-hybridized carbons (Fsp3) is 0.130. The number of carbonyl (C=O) groups is 2. The van der Waals surface area contributed by atoms with Crippen molar-refractivity contribution in [1.82, 2.24) is 20.3 Å². The number of fused-ring (bicyclic) bond motifs is 1. The lowest BCUT2D eigenvalue weighted by molar-refractivity contribution is -0.138. The first-order chi connectivity index (χ1) is 15.5. The van der Waals surface area contributed by atoms with Crippen molar-refractivity contribution in [1.29, 1.82) is 0 Å². The largest absolute Gasteiger partial charge is 0.497 e. The molecule has 2 heterocycles. The SMILES string of the molecule is COc1cccc(SCC(NC(=O)c2ccc3nc(-c4ccncc4)[nH]c3c2)C(=O)O)c1. The smallest absolute Gasteiger partial charge is 0.327 e. The molecule has 2 aromatic carbocycles. The van der Waals surface area contributed by atoms with Crippen molar-refractivity contribution < 1.29 is 19.4 Å². The monoisotopic (exact) mass is 448 g/mol. The Morgan fingerprint density at radius 1 is 1.16 bits per heavy atom. The number of amides is 1. The van der Waals surface area contributed by atoms with Crippen LogP contribution in [0.4, 0.5) is 0 Å². The number of thioether (sulfide) groups is 1. The van der Waals surface area contributed by atoms with Crippen molar-refractivity contribution in [3.8, 4) is 17.1 Å². The summed E-state index contributed by atoms with van der Waals surface area (Å²) < 4.78 is 5.19. The second-order valence-electron chi connectivity index (χ2n) is 6.91. The lowest BCUT2D eigenvalue weighted by Crippen LogP contribution is -2.42. The molecule has 1 amide bonds. The molecule has 0 fully saturated rings. The number of hydrogen-bond donors (Lipinski definition) is 3. The zero-order valence-corrected chi connectivity index (χ0v) is 17.9. The number of nitrogens with zero attached hydrogens (tertiary/aromatic N) is 2. The molecule has 0 saturated carbocycles. The fourth-order valence-electron chi connectivity index (χ4n) is 3.08. The summed E-state index contributed by atoms with van der Waals surface area (Å²) in [5.41, 5.74) is 2.61. The standard InChI is InChI=1S/C23H20N4O4S/c1-31-16-3-2-4-17(12-16)32-13-20(23(29)30)27-22(28)15-5-6-18-19(11-15)26-21(25-18)14-7-9-24-10-8-14/h2-12,20H,13H2,1H3,(H,25,26)(H,27,28)(H,29,30). The van der Waals surface area contributed by atoms with Crippen molar-refractivity contribution >= 4 is 34.7 Å². The zero-order valence-electron chi connectivity index (χ0n) is 17.1. The highest BCUT2D eigenvalue weighted by Crippen LogP contribution is 2.24. The van der Waals surface area contributed by atoms with Crippen molar-refractivity contribution in [2.24, 2.45) is 0 Å². The predicted octanol–water partition coefficient (Wildman–Crippen LogP) is 3.61. The van der Waals surface area contributed by atoms with Crippen molar-refractivity contribution in [2.75, 3.05) is 12.9 Å². The number of rotatable bonds is 8. The molecule has 0 radical (unpaired) electrons. The van der Waals surface area contributed by atoms with Gasteiger partial charge >= 0.3 is 5.97 Å². The van der Waals surface area contributed by atoms with Crippen molar-refractivity contribution in [3.63, 3.8) is 0 Å². The number of aromatic nitrogens is 3.